The number of nitrogens with zero attached hydrogens (tertiary/aromatic N) is 1. The van der Waals surface area contributed by atoms with Crippen LogP contribution in [0.15, 0.2) is 60.7 Å². The first-order chi connectivity index (χ1) is 17.1. The van der Waals surface area contributed by atoms with E-state index in [1.165, 1.54) is 0 Å². The third-order valence-electron chi connectivity index (χ3n) is 6.39. The first-order valence-corrected chi connectivity index (χ1v) is 11.6. The molecular weight excluding hydrogens is 444 g/mol. The van der Waals surface area contributed by atoms with Crippen LogP contribution in [-0.4, -0.2) is 52.5 Å². The van der Waals surface area contributed by atoms with Crippen molar-refractivity contribution in [3.63, 3.8) is 0 Å². The van der Waals surface area contributed by atoms with Crippen molar-refractivity contribution in [2.45, 2.75) is 18.9 Å². The number of hydrogen-bond donors (Lipinski definition) is 1. The number of urea groups is 1. The lowest BCUT2D eigenvalue weighted by Crippen LogP contribution is -2.46. The van der Waals surface area contributed by atoms with Crippen LogP contribution in [0.3, 0.4) is 0 Å². The number of carbonyl (C=O) groups is 1. The Bertz CT molecular complexity index is 1170. The SMILES string of the molecule is COc1ccc(CCNC(=O)N2CCc3cc(OC)c(OC)cc3C2c2ccccc2)cc1OC. The highest BCUT2D eigenvalue weighted by Crippen LogP contribution is 2.41. The maximum atomic E-state index is 13.4. The van der Waals surface area contributed by atoms with Gasteiger partial charge in [-0.05, 0) is 59.4 Å². The molecule has 0 fully saturated rings. The summed E-state index contributed by atoms with van der Waals surface area (Å²) in [6.07, 6.45) is 1.42. The summed E-state index contributed by atoms with van der Waals surface area (Å²) >= 11 is 0. The molecule has 2 amide bonds. The van der Waals surface area contributed by atoms with Gasteiger partial charge in [-0.25, -0.2) is 4.79 Å². The van der Waals surface area contributed by atoms with Crippen molar-refractivity contribution in [2.24, 2.45) is 0 Å². The van der Waals surface area contributed by atoms with Gasteiger partial charge in [-0.1, -0.05) is 36.4 Å². The van der Waals surface area contributed by atoms with E-state index in [1.54, 1.807) is 28.4 Å². The Kier molecular flexibility index (Phi) is 7.65. The van der Waals surface area contributed by atoms with Crippen molar-refractivity contribution < 1.29 is 23.7 Å². The molecule has 0 aromatic heterocycles. The molecule has 1 aliphatic heterocycles. The minimum Gasteiger partial charge on any atom is -0.493 e. The van der Waals surface area contributed by atoms with Gasteiger partial charge in [0.15, 0.2) is 23.0 Å². The molecule has 0 spiro atoms. The van der Waals surface area contributed by atoms with Crippen molar-refractivity contribution in [1.82, 2.24) is 10.2 Å². The van der Waals surface area contributed by atoms with Crippen molar-refractivity contribution >= 4 is 6.03 Å². The summed E-state index contributed by atoms with van der Waals surface area (Å²) in [4.78, 5) is 15.3. The van der Waals surface area contributed by atoms with E-state index in [2.05, 4.69) is 17.4 Å². The Morgan fingerprint density at radius 3 is 2.20 bits per heavy atom. The molecule has 35 heavy (non-hydrogen) atoms. The molecular formula is C28H32N2O5. The monoisotopic (exact) mass is 476 g/mol. The van der Waals surface area contributed by atoms with E-state index >= 15 is 0 Å². The zero-order valence-corrected chi connectivity index (χ0v) is 20.7. The molecule has 0 saturated heterocycles. The smallest absolute Gasteiger partial charge is 0.318 e. The van der Waals surface area contributed by atoms with Crippen LogP contribution < -0.4 is 24.3 Å². The van der Waals surface area contributed by atoms with Gasteiger partial charge in [-0.15, -0.1) is 0 Å². The molecule has 0 radical (unpaired) electrons. The van der Waals surface area contributed by atoms with Gasteiger partial charge in [0.25, 0.3) is 0 Å². The molecule has 7 heteroatoms. The van der Waals surface area contributed by atoms with E-state index in [-0.39, 0.29) is 12.1 Å². The Labute approximate surface area is 206 Å². The lowest BCUT2D eigenvalue weighted by Gasteiger charge is -2.38. The van der Waals surface area contributed by atoms with E-state index < -0.39 is 0 Å². The number of nitrogens with one attached hydrogen (secondary N) is 1. The van der Waals surface area contributed by atoms with Gasteiger partial charge in [0.1, 0.15) is 0 Å². The van der Waals surface area contributed by atoms with Gasteiger partial charge >= 0.3 is 6.03 Å². The summed E-state index contributed by atoms with van der Waals surface area (Å²) < 4.78 is 21.8. The largest absolute Gasteiger partial charge is 0.493 e. The second kappa shape index (κ2) is 11.0. The van der Waals surface area contributed by atoms with Crippen molar-refractivity contribution in [3.8, 4) is 23.0 Å². The number of benzene rings is 3. The van der Waals surface area contributed by atoms with Crippen LogP contribution in [0.1, 0.15) is 28.3 Å². The van der Waals surface area contributed by atoms with Crippen molar-refractivity contribution in [3.05, 3.63) is 82.9 Å². The average molecular weight is 477 g/mol. The molecule has 1 heterocycles. The molecule has 7 nitrogen and oxygen atoms in total. The topological polar surface area (TPSA) is 69.3 Å². The lowest BCUT2D eigenvalue weighted by molar-refractivity contribution is 0.180. The second-order valence-electron chi connectivity index (χ2n) is 8.33. The zero-order chi connectivity index (χ0) is 24.8. The molecule has 0 saturated carbocycles. The van der Waals surface area contributed by atoms with Crippen LogP contribution in [0.5, 0.6) is 23.0 Å². The van der Waals surface area contributed by atoms with Gasteiger partial charge < -0.3 is 29.2 Å². The fourth-order valence-corrected chi connectivity index (χ4v) is 4.61. The molecule has 4 rings (SSSR count). The van der Waals surface area contributed by atoms with Crippen molar-refractivity contribution in [2.75, 3.05) is 41.5 Å². The predicted octanol–water partition coefficient (Wildman–Crippen LogP) is 4.62. The van der Waals surface area contributed by atoms with Crippen LogP contribution in [0.2, 0.25) is 0 Å². The van der Waals surface area contributed by atoms with Gasteiger partial charge in [0.2, 0.25) is 0 Å². The number of carbonyl (C=O) groups excluding carboxylic acids is 1. The van der Waals surface area contributed by atoms with Crippen LogP contribution in [0, 0.1) is 0 Å². The fourth-order valence-electron chi connectivity index (χ4n) is 4.61. The summed E-state index contributed by atoms with van der Waals surface area (Å²) in [7, 11) is 6.50. The molecule has 1 atom stereocenters. The average Bonchev–Trinajstić information content (AvgIpc) is 2.91. The zero-order valence-electron chi connectivity index (χ0n) is 20.7. The van der Waals surface area contributed by atoms with Crippen LogP contribution in [0.25, 0.3) is 0 Å². The summed E-state index contributed by atoms with van der Waals surface area (Å²) in [5.41, 5.74) is 4.32. The highest BCUT2D eigenvalue weighted by atomic mass is 16.5. The molecule has 1 aliphatic rings. The van der Waals surface area contributed by atoms with E-state index in [0.29, 0.717) is 42.5 Å². The minimum absolute atomic E-state index is 0.0974. The molecule has 0 aliphatic carbocycles. The maximum absolute atomic E-state index is 13.4. The minimum atomic E-state index is -0.221. The van der Waals surface area contributed by atoms with E-state index in [9.17, 15) is 4.79 Å². The Balaban J connectivity index is 1.55. The third kappa shape index (κ3) is 5.14. The molecule has 3 aromatic carbocycles. The van der Waals surface area contributed by atoms with Crippen LogP contribution in [0.4, 0.5) is 4.79 Å². The van der Waals surface area contributed by atoms with Gasteiger partial charge in [0, 0.05) is 13.1 Å². The van der Waals surface area contributed by atoms with Crippen molar-refractivity contribution in [1.29, 1.82) is 0 Å². The number of methoxy groups -OCH3 is 4. The fraction of sp³-hybridized carbons (Fsp3) is 0.321. The number of ether oxygens (including phenoxy) is 4. The standard InChI is InChI=1S/C28H32N2O5/c1-32-23-11-10-19(16-24(23)33-2)12-14-29-28(31)30-15-13-21-17-25(34-3)26(35-4)18-22(21)27(30)20-8-6-5-7-9-20/h5-11,16-18,27H,12-15H2,1-4H3,(H,29,31). The number of hydrogen-bond acceptors (Lipinski definition) is 5. The molecule has 184 valence electrons. The molecule has 0 bridgehead atoms. The first kappa shape index (κ1) is 24.3. The summed E-state index contributed by atoms with van der Waals surface area (Å²) in [5, 5.41) is 3.11. The Morgan fingerprint density at radius 2 is 1.51 bits per heavy atom. The lowest BCUT2D eigenvalue weighted by atomic mass is 9.88. The second-order valence-corrected chi connectivity index (χ2v) is 8.33. The van der Waals surface area contributed by atoms with Gasteiger partial charge in [0.05, 0.1) is 34.5 Å². The summed E-state index contributed by atoms with van der Waals surface area (Å²) in [6.45, 7) is 1.11. The Morgan fingerprint density at radius 1 is 0.857 bits per heavy atom. The van der Waals surface area contributed by atoms with E-state index in [4.69, 9.17) is 18.9 Å². The Hall–Kier alpha value is -3.87. The third-order valence-corrected chi connectivity index (χ3v) is 6.39. The van der Waals surface area contributed by atoms with E-state index in [0.717, 1.165) is 28.7 Å². The van der Waals surface area contributed by atoms with Gasteiger partial charge in [-0.2, -0.15) is 0 Å². The van der Waals surface area contributed by atoms with Crippen LogP contribution >= 0.6 is 0 Å². The normalized spacial score (nSPS) is 14.6. The molecule has 1 N–H and O–H groups in total. The summed E-state index contributed by atoms with van der Waals surface area (Å²) in [5.74, 6) is 2.72. The first-order valence-electron chi connectivity index (χ1n) is 11.6. The van der Waals surface area contributed by atoms with E-state index in [1.807, 2.05) is 53.4 Å². The number of rotatable bonds is 8. The van der Waals surface area contributed by atoms with Gasteiger partial charge in [-0.3, -0.25) is 0 Å². The molecule has 3 aromatic rings. The number of fused-ring (bicyclic) bond motifs is 1. The predicted molar refractivity (Wildman–Crippen MR) is 135 cm³/mol. The highest BCUT2D eigenvalue weighted by Gasteiger charge is 2.33. The quantitative estimate of drug-likeness (QED) is 0.514. The molecule has 1 unspecified atom stereocenters. The summed E-state index contributed by atoms with van der Waals surface area (Å²) in [6, 6.07) is 19.6. The highest BCUT2D eigenvalue weighted by molar-refractivity contribution is 5.76. The number of amides is 2. The maximum Gasteiger partial charge on any atom is 0.318 e. The van der Waals surface area contributed by atoms with Crippen LogP contribution in [-0.2, 0) is 12.8 Å².